The molecule has 0 radical (unpaired) electrons. The van der Waals surface area contributed by atoms with Gasteiger partial charge in [-0.1, -0.05) is 23.2 Å². The zero-order chi connectivity index (χ0) is 19.9. The Labute approximate surface area is 170 Å². The maximum Gasteiger partial charge on any atom is 0.345 e. The van der Waals surface area contributed by atoms with Crippen molar-refractivity contribution in [2.24, 2.45) is 5.10 Å². The number of benzene rings is 2. The van der Waals surface area contributed by atoms with Gasteiger partial charge in [0.1, 0.15) is 11.4 Å². The number of hydrogen-bond donors (Lipinski definition) is 1. The quantitative estimate of drug-likeness (QED) is 0.296. The van der Waals surface area contributed by atoms with Gasteiger partial charge in [-0.15, -0.1) is 0 Å². The maximum absolute atomic E-state index is 12.2. The first kappa shape index (κ1) is 19.5. The van der Waals surface area contributed by atoms with Crippen molar-refractivity contribution in [2.45, 2.75) is 0 Å². The van der Waals surface area contributed by atoms with Gasteiger partial charge in [-0.25, -0.2) is 15.2 Å². The van der Waals surface area contributed by atoms with Crippen molar-refractivity contribution < 1.29 is 14.3 Å². The Morgan fingerprint density at radius 2 is 1.86 bits per heavy atom. The second-order valence-electron chi connectivity index (χ2n) is 5.37. The first-order chi connectivity index (χ1) is 13.5. The predicted octanol–water partition coefficient (Wildman–Crippen LogP) is 3.77. The zero-order valence-corrected chi connectivity index (χ0v) is 15.7. The molecule has 0 fully saturated rings. The highest BCUT2D eigenvalue weighted by atomic mass is 35.5. The highest BCUT2D eigenvalue weighted by molar-refractivity contribution is 6.36. The maximum atomic E-state index is 12.2. The normalized spacial score (nSPS) is 10.6. The van der Waals surface area contributed by atoms with E-state index in [2.05, 4.69) is 20.5 Å². The third kappa shape index (κ3) is 5.12. The predicted molar refractivity (Wildman–Crippen MR) is 105 cm³/mol. The number of nitrogens with zero attached hydrogens (tertiary/aromatic N) is 3. The molecule has 0 aliphatic carbocycles. The lowest BCUT2D eigenvalue weighted by Gasteiger charge is -2.06. The number of esters is 1. The third-order valence-electron chi connectivity index (χ3n) is 3.42. The fraction of sp³-hybridized carbons (Fsp3) is 0. The number of nitrogens with one attached hydrogen (secondary N) is 1. The minimum atomic E-state index is -0.598. The van der Waals surface area contributed by atoms with Gasteiger partial charge in [-0.3, -0.25) is 9.78 Å². The first-order valence-electron chi connectivity index (χ1n) is 7.89. The van der Waals surface area contributed by atoms with Crippen molar-refractivity contribution >= 4 is 41.3 Å². The summed E-state index contributed by atoms with van der Waals surface area (Å²) in [7, 11) is 0. The van der Waals surface area contributed by atoms with E-state index in [0.29, 0.717) is 16.3 Å². The number of rotatable bonds is 5. The van der Waals surface area contributed by atoms with Gasteiger partial charge in [-0.2, -0.15) is 5.10 Å². The summed E-state index contributed by atoms with van der Waals surface area (Å²) in [5.74, 6) is -0.745. The molecule has 0 spiro atoms. The standard InChI is InChI=1S/C19H12Cl2N4O3/c20-13-3-6-15(16(21)9-13)19(27)28-14-4-1-12(2-5-14)10-24-25-18(26)17-11-22-7-8-23-17/h1-11H,(H,25,26)/b24-10-. The fourth-order valence-electron chi connectivity index (χ4n) is 2.08. The SMILES string of the molecule is O=C(N/N=C\c1ccc(OC(=O)c2ccc(Cl)cc2Cl)cc1)c1cnccn1. The van der Waals surface area contributed by atoms with E-state index in [1.54, 1.807) is 30.3 Å². The Morgan fingerprint density at radius 3 is 2.54 bits per heavy atom. The lowest BCUT2D eigenvalue weighted by Crippen LogP contribution is -2.19. The molecular formula is C19H12Cl2N4O3. The van der Waals surface area contributed by atoms with Gasteiger partial charge in [0, 0.05) is 17.4 Å². The summed E-state index contributed by atoms with van der Waals surface area (Å²) < 4.78 is 5.28. The van der Waals surface area contributed by atoms with Gasteiger partial charge >= 0.3 is 5.97 Å². The topological polar surface area (TPSA) is 93.5 Å². The van der Waals surface area contributed by atoms with Gasteiger partial charge in [-0.05, 0) is 48.0 Å². The van der Waals surface area contributed by atoms with E-state index < -0.39 is 11.9 Å². The summed E-state index contributed by atoms with van der Waals surface area (Å²) in [5, 5.41) is 4.48. The number of hydrazone groups is 1. The molecule has 1 amide bonds. The van der Waals surface area contributed by atoms with Gasteiger partial charge in [0.2, 0.25) is 0 Å². The summed E-state index contributed by atoms with van der Waals surface area (Å²) in [6.45, 7) is 0. The summed E-state index contributed by atoms with van der Waals surface area (Å²) in [6.07, 6.45) is 5.65. The summed E-state index contributed by atoms with van der Waals surface area (Å²) in [6, 6.07) is 11.0. The molecule has 140 valence electrons. The minimum Gasteiger partial charge on any atom is -0.423 e. The number of ether oxygens (including phenoxy) is 1. The van der Waals surface area contributed by atoms with E-state index >= 15 is 0 Å². The average molecular weight is 415 g/mol. The van der Waals surface area contributed by atoms with Crippen LogP contribution in [-0.4, -0.2) is 28.1 Å². The zero-order valence-electron chi connectivity index (χ0n) is 14.2. The van der Waals surface area contributed by atoms with Crippen LogP contribution in [0, 0.1) is 0 Å². The molecular weight excluding hydrogens is 403 g/mol. The van der Waals surface area contributed by atoms with Crippen molar-refractivity contribution in [2.75, 3.05) is 0 Å². The number of hydrogen-bond acceptors (Lipinski definition) is 6. The number of amides is 1. The monoisotopic (exact) mass is 414 g/mol. The van der Waals surface area contributed by atoms with E-state index in [9.17, 15) is 9.59 Å². The second kappa shape index (κ2) is 9.07. The molecule has 0 aliphatic rings. The smallest absolute Gasteiger partial charge is 0.345 e. The summed E-state index contributed by atoms with van der Waals surface area (Å²) in [5.41, 5.74) is 3.39. The molecule has 9 heteroatoms. The van der Waals surface area contributed by atoms with Crippen LogP contribution < -0.4 is 10.2 Å². The van der Waals surface area contributed by atoms with Crippen LogP contribution in [0.25, 0.3) is 0 Å². The van der Waals surface area contributed by atoms with Crippen LogP contribution in [0.15, 0.2) is 66.2 Å². The molecule has 0 aliphatic heterocycles. The van der Waals surface area contributed by atoms with Crippen molar-refractivity contribution in [3.05, 3.63) is 87.9 Å². The molecule has 7 nitrogen and oxygen atoms in total. The number of halogens is 2. The van der Waals surface area contributed by atoms with E-state index in [1.807, 2.05) is 0 Å². The third-order valence-corrected chi connectivity index (χ3v) is 3.97. The lowest BCUT2D eigenvalue weighted by atomic mass is 10.2. The molecule has 0 atom stereocenters. The highest BCUT2D eigenvalue weighted by Crippen LogP contribution is 2.22. The van der Waals surface area contributed by atoms with E-state index in [0.717, 1.165) is 0 Å². The molecule has 0 unspecified atom stereocenters. The molecule has 28 heavy (non-hydrogen) atoms. The summed E-state index contributed by atoms with van der Waals surface area (Å²) >= 11 is 11.8. The van der Waals surface area contributed by atoms with Crippen LogP contribution in [-0.2, 0) is 0 Å². The number of carbonyl (C=O) groups excluding carboxylic acids is 2. The summed E-state index contributed by atoms with van der Waals surface area (Å²) in [4.78, 5) is 31.6. The average Bonchev–Trinajstić information content (AvgIpc) is 2.69. The molecule has 0 saturated carbocycles. The van der Waals surface area contributed by atoms with Crippen LogP contribution in [0.1, 0.15) is 26.4 Å². The van der Waals surface area contributed by atoms with Crippen LogP contribution in [0.2, 0.25) is 10.0 Å². The molecule has 0 saturated heterocycles. The molecule has 1 heterocycles. The molecule has 3 aromatic rings. The Balaban J connectivity index is 1.59. The van der Waals surface area contributed by atoms with Gasteiger partial charge < -0.3 is 4.74 Å². The van der Waals surface area contributed by atoms with E-state index in [4.69, 9.17) is 27.9 Å². The van der Waals surface area contributed by atoms with Crippen LogP contribution >= 0.6 is 23.2 Å². The van der Waals surface area contributed by atoms with Gasteiger partial charge in [0.05, 0.1) is 23.0 Å². The fourth-order valence-corrected chi connectivity index (χ4v) is 2.56. The van der Waals surface area contributed by atoms with Crippen molar-refractivity contribution in [1.29, 1.82) is 0 Å². The molecule has 2 aromatic carbocycles. The van der Waals surface area contributed by atoms with Crippen LogP contribution in [0.4, 0.5) is 0 Å². The van der Waals surface area contributed by atoms with E-state index in [-0.39, 0.29) is 16.3 Å². The highest BCUT2D eigenvalue weighted by Gasteiger charge is 2.13. The van der Waals surface area contributed by atoms with Crippen molar-refractivity contribution in [3.8, 4) is 5.75 Å². The molecule has 1 N–H and O–H groups in total. The Morgan fingerprint density at radius 1 is 1.07 bits per heavy atom. The minimum absolute atomic E-state index is 0.155. The molecule has 0 bridgehead atoms. The molecule has 3 rings (SSSR count). The van der Waals surface area contributed by atoms with Crippen molar-refractivity contribution in [3.63, 3.8) is 0 Å². The number of aromatic nitrogens is 2. The van der Waals surface area contributed by atoms with Crippen molar-refractivity contribution in [1.82, 2.24) is 15.4 Å². The van der Waals surface area contributed by atoms with Crippen LogP contribution in [0.5, 0.6) is 5.75 Å². The van der Waals surface area contributed by atoms with E-state index in [1.165, 1.54) is 36.9 Å². The largest absolute Gasteiger partial charge is 0.423 e. The second-order valence-corrected chi connectivity index (χ2v) is 6.22. The first-order valence-corrected chi connectivity index (χ1v) is 8.65. The van der Waals surface area contributed by atoms with Gasteiger partial charge in [0.25, 0.3) is 5.91 Å². The molecule has 1 aromatic heterocycles. The lowest BCUT2D eigenvalue weighted by molar-refractivity contribution is 0.0734. The Hall–Kier alpha value is -3.29. The van der Waals surface area contributed by atoms with Gasteiger partial charge in [0.15, 0.2) is 0 Å². The van der Waals surface area contributed by atoms with Crippen LogP contribution in [0.3, 0.4) is 0 Å². The Kier molecular flexibility index (Phi) is 6.31. The number of carbonyl (C=O) groups is 2. The Bertz CT molecular complexity index is 1030.